The fraction of sp³-hybridized carbons (Fsp3) is 0.667. The van der Waals surface area contributed by atoms with E-state index in [-0.39, 0.29) is 6.04 Å². The number of benzene rings is 1. The summed E-state index contributed by atoms with van der Waals surface area (Å²) >= 11 is 0. The third kappa shape index (κ3) is 3.24. The second-order valence-electron chi connectivity index (χ2n) is 6.50. The van der Waals surface area contributed by atoms with Gasteiger partial charge in [0.1, 0.15) is 5.75 Å². The molecular formula is C18H28N2O. The highest BCUT2D eigenvalue weighted by Crippen LogP contribution is 2.37. The van der Waals surface area contributed by atoms with Gasteiger partial charge in [-0.2, -0.15) is 0 Å². The number of hydrogen-bond donors (Lipinski definition) is 1. The van der Waals surface area contributed by atoms with Gasteiger partial charge in [0.2, 0.25) is 0 Å². The third-order valence-corrected chi connectivity index (χ3v) is 5.01. The lowest BCUT2D eigenvalue weighted by atomic mass is 9.89. The minimum Gasteiger partial charge on any atom is -0.493 e. The van der Waals surface area contributed by atoms with Crippen LogP contribution in [0.25, 0.3) is 0 Å². The minimum atomic E-state index is 0.114. The first-order valence-corrected chi connectivity index (χ1v) is 8.52. The number of fused-ring (bicyclic) bond motifs is 1. The summed E-state index contributed by atoms with van der Waals surface area (Å²) in [6.07, 6.45) is 6.43. The van der Waals surface area contributed by atoms with E-state index < -0.39 is 0 Å². The van der Waals surface area contributed by atoms with Gasteiger partial charge in [-0.05, 0) is 37.9 Å². The van der Waals surface area contributed by atoms with Crippen molar-refractivity contribution in [1.82, 2.24) is 4.90 Å². The summed E-state index contributed by atoms with van der Waals surface area (Å²) < 4.78 is 6.09. The van der Waals surface area contributed by atoms with Gasteiger partial charge in [0, 0.05) is 24.1 Å². The molecule has 0 spiro atoms. The fourth-order valence-corrected chi connectivity index (χ4v) is 3.69. The van der Waals surface area contributed by atoms with Crippen LogP contribution in [0.15, 0.2) is 18.2 Å². The normalized spacial score (nSPS) is 26.8. The highest BCUT2D eigenvalue weighted by molar-refractivity contribution is 5.45. The number of likely N-dealkylation sites (tertiary alicyclic amines) is 1. The molecule has 21 heavy (non-hydrogen) atoms. The smallest absolute Gasteiger partial charge is 0.127 e. The van der Waals surface area contributed by atoms with Crippen molar-refractivity contribution in [2.45, 2.75) is 45.1 Å². The molecule has 2 atom stereocenters. The zero-order chi connectivity index (χ0) is 14.7. The summed E-state index contributed by atoms with van der Waals surface area (Å²) in [6.45, 7) is 6.47. The SMILES string of the molecule is CCc1cccc2c1OCC(CN1CCCCCC1)C2N. The van der Waals surface area contributed by atoms with Crippen LogP contribution in [0.5, 0.6) is 5.75 Å². The van der Waals surface area contributed by atoms with Crippen molar-refractivity contribution in [1.29, 1.82) is 0 Å². The molecule has 2 aliphatic rings. The average Bonchev–Trinajstić information content (AvgIpc) is 2.78. The first-order chi connectivity index (χ1) is 10.3. The molecule has 3 rings (SSSR count). The van der Waals surface area contributed by atoms with Crippen LogP contribution in [0.3, 0.4) is 0 Å². The Balaban J connectivity index is 1.71. The van der Waals surface area contributed by atoms with Gasteiger partial charge < -0.3 is 15.4 Å². The third-order valence-electron chi connectivity index (χ3n) is 5.01. The summed E-state index contributed by atoms with van der Waals surface area (Å²) in [5.41, 5.74) is 9.06. The molecule has 1 saturated heterocycles. The van der Waals surface area contributed by atoms with Gasteiger partial charge in [0.05, 0.1) is 6.61 Å². The number of rotatable bonds is 3. The molecule has 2 N–H and O–H groups in total. The number of nitrogens with zero attached hydrogens (tertiary/aromatic N) is 1. The Morgan fingerprint density at radius 1 is 1.19 bits per heavy atom. The fourth-order valence-electron chi connectivity index (χ4n) is 3.69. The quantitative estimate of drug-likeness (QED) is 0.928. The van der Waals surface area contributed by atoms with Crippen LogP contribution in [0.1, 0.15) is 49.8 Å². The maximum Gasteiger partial charge on any atom is 0.127 e. The Morgan fingerprint density at radius 2 is 1.95 bits per heavy atom. The van der Waals surface area contributed by atoms with E-state index in [1.165, 1.54) is 49.9 Å². The summed E-state index contributed by atoms with van der Waals surface area (Å²) in [5, 5.41) is 0. The van der Waals surface area contributed by atoms with E-state index in [0.717, 1.165) is 25.3 Å². The molecule has 1 fully saturated rings. The average molecular weight is 288 g/mol. The maximum atomic E-state index is 6.56. The Morgan fingerprint density at radius 3 is 2.67 bits per heavy atom. The number of ether oxygens (including phenoxy) is 1. The molecule has 0 bridgehead atoms. The molecule has 1 aromatic carbocycles. The maximum absolute atomic E-state index is 6.56. The molecule has 0 radical (unpaired) electrons. The van der Waals surface area contributed by atoms with Gasteiger partial charge in [-0.25, -0.2) is 0 Å². The largest absolute Gasteiger partial charge is 0.493 e. The standard InChI is InChI=1S/C18H28N2O/c1-2-14-8-7-9-16-17(19)15(13-21-18(14)16)12-20-10-5-3-4-6-11-20/h7-9,15,17H,2-6,10-13,19H2,1H3. The lowest BCUT2D eigenvalue weighted by Gasteiger charge is -2.35. The monoisotopic (exact) mass is 288 g/mol. The van der Waals surface area contributed by atoms with E-state index in [1.807, 2.05) is 0 Å². The Hall–Kier alpha value is -1.06. The molecule has 0 amide bonds. The van der Waals surface area contributed by atoms with Crippen molar-refractivity contribution >= 4 is 0 Å². The summed E-state index contributed by atoms with van der Waals surface area (Å²) in [4.78, 5) is 2.59. The van der Waals surface area contributed by atoms with Crippen LogP contribution in [-0.2, 0) is 6.42 Å². The van der Waals surface area contributed by atoms with E-state index in [9.17, 15) is 0 Å². The van der Waals surface area contributed by atoms with Crippen LogP contribution in [0.4, 0.5) is 0 Å². The molecule has 1 aromatic rings. The summed E-state index contributed by atoms with van der Waals surface area (Å²) in [7, 11) is 0. The number of aryl methyl sites for hydroxylation is 1. The molecule has 0 aromatic heterocycles. The molecule has 3 heteroatoms. The lowest BCUT2D eigenvalue weighted by molar-refractivity contribution is 0.139. The van der Waals surface area contributed by atoms with E-state index >= 15 is 0 Å². The van der Waals surface area contributed by atoms with Gasteiger partial charge in [-0.3, -0.25) is 0 Å². The molecule has 2 aliphatic heterocycles. The molecule has 2 heterocycles. The Kier molecular flexibility index (Phi) is 4.81. The number of hydrogen-bond acceptors (Lipinski definition) is 3. The van der Waals surface area contributed by atoms with Crippen molar-refractivity contribution in [3.63, 3.8) is 0 Å². The zero-order valence-electron chi connectivity index (χ0n) is 13.2. The highest BCUT2D eigenvalue weighted by Gasteiger charge is 2.30. The van der Waals surface area contributed by atoms with E-state index in [2.05, 4.69) is 30.0 Å². The zero-order valence-corrected chi connectivity index (χ0v) is 13.2. The van der Waals surface area contributed by atoms with Gasteiger partial charge >= 0.3 is 0 Å². The number of nitrogens with two attached hydrogens (primary N) is 1. The van der Waals surface area contributed by atoms with E-state index in [0.29, 0.717) is 5.92 Å². The van der Waals surface area contributed by atoms with Crippen molar-refractivity contribution in [2.75, 3.05) is 26.2 Å². The second kappa shape index (κ2) is 6.80. The van der Waals surface area contributed by atoms with Crippen molar-refractivity contribution < 1.29 is 4.74 Å². The molecule has 0 aliphatic carbocycles. The highest BCUT2D eigenvalue weighted by atomic mass is 16.5. The van der Waals surface area contributed by atoms with Crippen LogP contribution < -0.4 is 10.5 Å². The molecule has 2 unspecified atom stereocenters. The Bertz CT molecular complexity index is 466. The second-order valence-corrected chi connectivity index (χ2v) is 6.50. The van der Waals surface area contributed by atoms with Gasteiger partial charge in [0.15, 0.2) is 0 Å². The van der Waals surface area contributed by atoms with Crippen molar-refractivity contribution in [2.24, 2.45) is 11.7 Å². The van der Waals surface area contributed by atoms with E-state index in [1.54, 1.807) is 0 Å². The summed E-state index contributed by atoms with van der Waals surface area (Å²) in [6, 6.07) is 6.53. The molecule has 3 nitrogen and oxygen atoms in total. The predicted octanol–water partition coefficient (Wildman–Crippen LogP) is 3.13. The van der Waals surface area contributed by atoms with Crippen molar-refractivity contribution in [3.05, 3.63) is 29.3 Å². The first-order valence-electron chi connectivity index (χ1n) is 8.52. The molecule has 0 saturated carbocycles. The minimum absolute atomic E-state index is 0.114. The van der Waals surface area contributed by atoms with E-state index in [4.69, 9.17) is 10.5 Å². The van der Waals surface area contributed by atoms with Gasteiger partial charge in [-0.15, -0.1) is 0 Å². The molecular weight excluding hydrogens is 260 g/mol. The number of para-hydroxylation sites is 1. The topological polar surface area (TPSA) is 38.5 Å². The van der Waals surface area contributed by atoms with Gasteiger partial charge in [0.25, 0.3) is 0 Å². The molecule has 116 valence electrons. The van der Waals surface area contributed by atoms with Crippen LogP contribution in [0.2, 0.25) is 0 Å². The lowest BCUT2D eigenvalue weighted by Crippen LogP contribution is -2.40. The van der Waals surface area contributed by atoms with Gasteiger partial charge in [-0.1, -0.05) is 38.0 Å². The van der Waals surface area contributed by atoms with Crippen LogP contribution in [0, 0.1) is 5.92 Å². The van der Waals surface area contributed by atoms with Crippen molar-refractivity contribution in [3.8, 4) is 5.75 Å². The van der Waals surface area contributed by atoms with Crippen LogP contribution in [-0.4, -0.2) is 31.1 Å². The summed E-state index contributed by atoms with van der Waals surface area (Å²) in [5.74, 6) is 1.47. The predicted molar refractivity (Wildman–Crippen MR) is 86.6 cm³/mol. The first kappa shape index (κ1) is 14.9. The van der Waals surface area contributed by atoms with Crippen LogP contribution >= 0.6 is 0 Å². The Labute approximate surface area is 128 Å².